The molecule has 0 aromatic heterocycles. The Morgan fingerprint density at radius 1 is 0.839 bits per heavy atom. The summed E-state index contributed by atoms with van der Waals surface area (Å²) in [5, 5.41) is 0.126. The van der Waals surface area contributed by atoms with Crippen LogP contribution in [-0.2, 0) is 4.57 Å². The molecule has 1 atom stereocenters. The van der Waals surface area contributed by atoms with Crippen LogP contribution in [-0.4, -0.2) is 25.5 Å². The van der Waals surface area contributed by atoms with E-state index in [0.717, 1.165) is 16.7 Å². The fourth-order valence-electron chi connectivity index (χ4n) is 3.85. The van der Waals surface area contributed by atoms with Crippen LogP contribution in [0.4, 0.5) is 0 Å². The van der Waals surface area contributed by atoms with Crippen molar-refractivity contribution in [3.8, 4) is 11.5 Å². The molecule has 0 N–H and O–H groups in total. The molecule has 160 valence electrons. The van der Waals surface area contributed by atoms with Crippen molar-refractivity contribution in [2.24, 2.45) is 0 Å². The number of hydrogen-bond donors (Lipinski definition) is 0. The summed E-state index contributed by atoms with van der Waals surface area (Å²) in [7, 11) is -0.245. The molecule has 3 rings (SSSR count). The summed E-state index contributed by atoms with van der Waals surface area (Å²) in [6.07, 6.45) is 0. The van der Waals surface area contributed by atoms with E-state index < -0.39 is 13.3 Å². The first-order valence-corrected chi connectivity index (χ1v) is 11.2. The van der Waals surface area contributed by atoms with E-state index in [1.54, 1.807) is 36.4 Å². The van der Waals surface area contributed by atoms with E-state index >= 15 is 0 Å². The molecule has 0 saturated carbocycles. The van der Waals surface area contributed by atoms with Gasteiger partial charge in [-0.25, -0.2) is 0 Å². The summed E-state index contributed by atoms with van der Waals surface area (Å²) in [4.78, 5) is 26.4. The second kappa shape index (κ2) is 9.32. The minimum absolute atomic E-state index is 0.104. The number of methoxy groups -OCH3 is 2. The van der Waals surface area contributed by atoms with Gasteiger partial charge in [-0.1, -0.05) is 48.0 Å². The maximum absolute atomic E-state index is 13.6. The van der Waals surface area contributed by atoms with Crippen molar-refractivity contribution in [3.63, 3.8) is 0 Å². The summed E-state index contributed by atoms with van der Waals surface area (Å²) >= 11 is 0. The number of hydrogen-bond acceptors (Lipinski definition) is 5. The zero-order valence-corrected chi connectivity index (χ0v) is 19.2. The van der Waals surface area contributed by atoms with Crippen molar-refractivity contribution in [1.29, 1.82) is 0 Å². The minimum atomic E-state index is -3.07. The molecule has 31 heavy (non-hydrogen) atoms. The van der Waals surface area contributed by atoms with Crippen molar-refractivity contribution in [1.82, 2.24) is 0 Å². The molecule has 0 saturated heterocycles. The number of rotatable bonds is 7. The average Bonchev–Trinajstić information content (AvgIpc) is 2.76. The Bertz CT molecular complexity index is 1160. The first-order valence-electron chi connectivity index (χ1n) is 9.81. The summed E-state index contributed by atoms with van der Waals surface area (Å²) < 4.78 is 24.5. The predicted octanol–water partition coefficient (Wildman–Crippen LogP) is 4.89. The SMILES string of the molecule is COc1ccc(C(=O)c2ccccc2)c(OC)c1[PH](=O)C(=O)c1c(C)cc(C)cc1C. The normalized spacial score (nSPS) is 11.6. The molecule has 0 spiro atoms. The summed E-state index contributed by atoms with van der Waals surface area (Å²) in [5.41, 5.74) is 3.18. The fourth-order valence-corrected chi connectivity index (χ4v) is 5.55. The topological polar surface area (TPSA) is 69.7 Å². The van der Waals surface area contributed by atoms with Crippen LogP contribution in [0.15, 0.2) is 54.6 Å². The summed E-state index contributed by atoms with van der Waals surface area (Å²) in [6.45, 7) is 5.60. The van der Waals surface area contributed by atoms with Crippen LogP contribution in [0.25, 0.3) is 0 Å². The molecule has 5 nitrogen and oxygen atoms in total. The van der Waals surface area contributed by atoms with E-state index in [9.17, 15) is 14.2 Å². The van der Waals surface area contributed by atoms with Crippen LogP contribution in [0, 0.1) is 20.8 Å². The van der Waals surface area contributed by atoms with Crippen molar-refractivity contribution >= 4 is 24.4 Å². The summed E-state index contributed by atoms with van der Waals surface area (Å²) in [5.74, 6) is 0.0697. The van der Waals surface area contributed by atoms with Gasteiger partial charge < -0.3 is 14.0 Å². The maximum Gasteiger partial charge on any atom is 0.223 e. The summed E-state index contributed by atoms with van der Waals surface area (Å²) in [6, 6.07) is 15.6. The zero-order chi connectivity index (χ0) is 22.7. The van der Waals surface area contributed by atoms with E-state index in [-0.39, 0.29) is 28.2 Å². The molecule has 0 bridgehead atoms. The van der Waals surface area contributed by atoms with Crippen LogP contribution in [0.5, 0.6) is 11.5 Å². The molecule has 0 aliphatic heterocycles. The molecule has 3 aromatic carbocycles. The van der Waals surface area contributed by atoms with Gasteiger partial charge in [-0.3, -0.25) is 9.59 Å². The molecule has 0 aliphatic carbocycles. The van der Waals surface area contributed by atoms with Crippen LogP contribution in [0.3, 0.4) is 0 Å². The number of benzene rings is 3. The van der Waals surface area contributed by atoms with Crippen molar-refractivity contribution < 1.29 is 23.6 Å². The van der Waals surface area contributed by atoms with Crippen LogP contribution >= 0.6 is 7.80 Å². The average molecular weight is 436 g/mol. The zero-order valence-electron chi connectivity index (χ0n) is 18.2. The number of ketones is 1. The molecular weight excluding hydrogens is 411 g/mol. The van der Waals surface area contributed by atoms with E-state index in [2.05, 4.69) is 0 Å². The van der Waals surface area contributed by atoms with E-state index in [1.807, 2.05) is 39.0 Å². The molecule has 1 unspecified atom stereocenters. The Morgan fingerprint density at radius 3 is 2.00 bits per heavy atom. The molecule has 0 heterocycles. The van der Waals surface area contributed by atoms with Crippen molar-refractivity contribution in [3.05, 3.63) is 88.0 Å². The lowest BCUT2D eigenvalue weighted by Crippen LogP contribution is -2.16. The first kappa shape index (κ1) is 22.5. The quantitative estimate of drug-likeness (QED) is 0.390. The third-order valence-corrected chi connectivity index (χ3v) is 6.75. The van der Waals surface area contributed by atoms with E-state index in [0.29, 0.717) is 11.1 Å². The molecule has 0 amide bonds. The molecule has 0 fully saturated rings. The van der Waals surface area contributed by atoms with Gasteiger partial charge >= 0.3 is 0 Å². The van der Waals surface area contributed by atoms with Gasteiger partial charge in [-0.05, 0) is 44.0 Å². The smallest absolute Gasteiger partial charge is 0.223 e. The third-order valence-electron chi connectivity index (χ3n) is 5.16. The number of aryl methyl sites for hydroxylation is 3. The monoisotopic (exact) mass is 436 g/mol. The molecule has 0 aliphatic rings. The fraction of sp³-hybridized carbons (Fsp3) is 0.200. The highest BCUT2D eigenvalue weighted by Crippen LogP contribution is 2.39. The third kappa shape index (κ3) is 4.33. The van der Waals surface area contributed by atoms with E-state index in [1.165, 1.54) is 14.2 Å². The molecule has 6 heteroatoms. The Labute approximate surface area is 182 Å². The first-order chi connectivity index (χ1) is 14.8. The Hall–Kier alpha value is -3.17. The highest BCUT2D eigenvalue weighted by atomic mass is 31.1. The van der Waals surface area contributed by atoms with E-state index in [4.69, 9.17) is 9.47 Å². The predicted molar refractivity (Wildman–Crippen MR) is 123 cm³/mol. The van der Waals surface area contributed by atoms with Gasteiger partial charge in [0.05, 0.1) is 19.8 Å². The minimum Gasteiger partial charge on any atom is -0.496 e. The molecule has 3 aromatic rings. The second-order valence-electron chi connectivity index (χ2n) is 7.35. The largest absolute Gasteiger partial charge is 0.496 e. The second-order valence-corrected chi connectivity index (χ2v) is 8.96. The number of ether oxygens (including phenoxy) is 2. The van der Waals surface area contributed by atoms with Gasteiger partial charge in [-0.15, -0.1) is 0 Å². The van der Waals surface area contributed by atoms with Gasteiger partial charge in [0.2, 0.25) is 5.52 Å². The maximum atomic E-state index is 13.6. The standard InChI is InChI=1S/C25H25O5P/c1-15-13-16(2)21(17(3)14-15)25(27)31(28)24-20(29-4)12-11-19(23(24)30-5)22(26)18-9-7-6-8-10-18/h6-14,31H,1-5H3. The highest BCUT2D eigenvalue weighted by Gasteiger charge is 2.29. The van der Waals surface area contributed by atoms with Crippen molar-refractivity contribution in [2.75, 3.05) is 14.2 Å². The Morgan fingerprint density at radius 2 is 1.45 bits per heavy atom. The van der Waals surface area contributed by atoms with Gasteiger partial charge in [0.25, 0.3) is 0 Å². The Kier molecular flexibility index (Phi) is 6.77. The van der Waals surface area contributed by atoms with Gasteiger partial charge in [0, 0.05) is 11.1 Å². The highest BCUT2D eigenvalue weighted by molar-refractivity contribution is 7.72. The lowest BCUT2D eigenvalue weighted by Gasteiger charge is -2.17. The number of carbonyl (C=O) groups excluding carboxylic acids is 2. The lowest BCUT2D eigenvalue weighted by molar-refractivity contribution is 0.103. The van der Waals surface area contributed by atoms with Crippen LogP contribution < -0.4 is 14.8 Å². The molecular formula is C25H25O5P. The number of carbonyl (C=O) groups is 2. The lowest BCUT2D eigenvalue weighted by atomic mass is 10.0. The van der Waals surface area contributed by atoms with Gasteiger partial charge in [0.15, 0.2) is 13.6 Å². The van der Waals surface area contributed by atoms with Crippen LogP contribution in [0.1, 0.15) is 43.0 Å². The van der Waals surface area contributed by atoms with Gasteiger partial charge in [0.1, 0.15) is 16.8 Å². The van der Waals surface area contributed by atoms with Gasteiger partial charge in [-0.2, -0.15) is 0 Å². The van der Waals surface area contributed by atoms with Crippen LogP contribution in [0.2, 0.25) is 0 Å². The molecule has 0 radical (unpaired) electrons. The van der Waals surface area contributed by atoms with Crippen molar-refractivity contribution in [2.45, 2.75) is 20.8 Å². The Balaban J connectivity index is 2.17.